The Bertz CT molecular complexity index is 1370. The van der Waals surface area contributed by atoms with Crippen LogP contribution in [0.2, 0.25) is 0 Å². The Morgan fingerprint density at radius 2 is 1.41 bits per heavy atom. The van der Waals surface area contributed by atoms with Crippen molar-refractivity contribution >= 4 is 11.0 Å². The van der Waals surface area contributed by atoms with Crippen molar-refractivity contribution in [2.75, 3.05) is 0 Å². The Labute approximate surface area is 181 Å². The van der Waals surface area contributed by atoms with Crippen LogP contribution in [0.3, 0.4) is 0 Å². The van der Waals surface area contributed by atoms with Crippen molar-refractivity contribution in [1.82, 2.24) is 9.55 Å². The number of fused-ring (bicyclic) bond motifs is 5. The number of halogens is 1. The summed E-state index contributed by atoms with van der Waals surface area (Å²) in [5.74, 6) is 0.465. The summed E-state index contributed by atoms with van der Waals surface area (Å²) in [6, 6.07) is 30.6. The minimum atomic E-state index is -0.302. The molecule has 5 aromatic rings. The van der Waals surface area contributed by atoms with Gasteiger partial charge in [0.25, 0.3) is 0 Å². The normalized spacial score (nSPS) is 11.3. The first-order valence-electron chi connectivity index (χ1n) is 9.19. The molecule has 1 aromatic heterocycles. The van der Waals surface area contributed by atoms with Crippen molar-refractivity contribution in [2.24, 2.45) is 0 Å². The SMILES string of the molecule is Fc1c[c-]c(-c2nc3cccc4c3n2-c2ccccc2-c2ccccc2-4)cc1.[Ir]. The summed E-state index contributed by atoms with van der Waals surface area (Å²) in [6.07, 6.45) is 0. The second-order valence-electron chi connectivity index (χ2n) is 6.93. The van der Waals surface area contributed by atoms with Crippen molar-refractivity contribution < 1.29 is 24.5 Å². The summed E-state index contributed by atoms with van der Waals surface area (Å²) in [5, 5.41) is 0. The Morgan fingerprint density at radius 1 is 0.724 bits per heavy atom. The number of nitrogens with zero attached hydrogens (tertiary/aromatic N) is 2. The van der Waals surface area contributed by atoms with Crippen molar-refractivity contribution in [3.05, 3.63) is 96.8 Å². The first-order chi connectivity index (χ1) is 13.8. The molecule has 4 aromatic carbocycles. The maximum atomic E-state index is 13.5. The van der Waals surface area contributed by atoms with E-state index in [0.717, 1.165) is 39.2 Å². The molecule has 0 spiro atoms. The molecular formula is C25H14FIrN2-. The molecule has 0 fully saturated rings. The molecule has 1 aliphatic rings. The van der Waals surface area contributed by atoms with Gasteiger partial charge < -0.3 is 4.57 Å². The molecule has 0 aliphatic carbocycles. The van der Waals surface area contributed by atoms with Gasteiger partial charge >= 0.3 is 0 Å². The maximum absolute atomic E-state index is 13.5. The molecule has 0 amide bonds. The predicted octanol–water partition coefficient (Wildman–Crippen LogP) is 6.28. The average Bonchev–Trinajstić information content (AvgIpc) is 3.08. The molecule has 0 saturated carbocycles. The molecule has 0 saturated heterocycles. The molecule has 141 valence electrons. The van der Waals surface area contributed by atoms with Gasteiger partial charge in [-0.25, -0.2) is 0 Å². The molecule has 0 bridgehead atoms. The fraction of sp³-hybridized carbons (Fsp3) is 0. The van der Waals surface area contributed by atoms with Crippen LogP contribution in [0.25, 0.3) is 50.4 Å². The molecule has 4 heteroatoms. The van der Waals surface area contributed by atoms with E-state index in [4.69, 9.17) is 4.98 Å². The number of para-hydroxylation sites is 2. The summed E-state index contributed by atoms with van der Waals surface area (Å²) in [5.41, 5.74) is 8.49. The van der Waals surface area contributed by atoms with Gasteiger partial charge in [-0.05, 0) is 23.3 Å². The number of hydrogen-bond acceptors (Lipinski definition) is 1. The van der Waals surface area contributed by atoms with Crippen LogP contribution in [-0.2, 0) is 20.1 Å². The average molecular weight is 554 g/mol. The first kappa shape index (κ1) is 18.0. The van der Waals surface area contributed by atoms with Gasteiger partial charge in [0.1, 0.15) is 0 Å². The van der Waals surface area contributed by atoms with Gasteiger partial charge in [0, 0.05) is 42.7 Å². The number of hydrogen-bond donors (Lipinski definition) is 0. The summed E-state index contributed by atoms with van der Waals surface area (Å²) >= 11 is 0. The minimum absolute atomic E-state index is 0. The molecule has 29 heavy (non-hydrogen) atoms. The van der Waals surface area contributed by atoms with Gasteiger partial charge in [0.15, 0.2) is 0 Å². The summed E-state index contributed by atoms with van der Waals surface area (Å²) in [4.78, 5) is 4.91. The van der Waals surface area contributed by atoms with Crippen molar-refractivity contribution in [1.29, 1.82) is 0 Å². The van der Waals surface area contributed by atoms with Gasteiger partial charge in [-0.15, -0.1) is 29.8 Å². The number of benzene rings is 4. The fourth-order valence-corrected chi connectivity index (χ4v) is 4.15. The number of imidazole rings is 1. The van der Waals surface area contributed by atoms with E-state index in [-0.39, 0.29) is 25.9 Å². The van der Waals surface area contributed by atoms with Crippen molar-refractivity contribution in [2.45, 2.75) is 0 Å². The van der Waals surface area contributed by atoms with Crippen LogP contribution in [0.5, 0.6) is 0 Å². The van der Waals surface area contributed by atoms with E-state index in [9.17, 15) is 4.39 Å². The Hall–Kier alpha value is -3.07. The molecule has 0 unspecified atom stereocenters. The summed E-state index contributed by atoms with van der Waals surface area (Å²) in [6.45, 7) is 0. The zero-order valence-electron chi connectivity index (χ0n) is 15.2. The predicted molar refractivity (Wildman–Crippen MR) is 110 cm³/mol. The van der Waals surface area contributed by atoms with Gasteiger partial charge in [-0.2, -0.15) is 0 Å². The second-order valence-corrected chi connectivity index (χ2v) is 6.93. The van der Waals surface area contributed by atoms with E-state index in [1.165, 1.54) is 23.3 Å². The molecular weight excluding hydrogens is 540 g/mol. The third-order valence-electron chi connectivity index (χ3n) is 5.34. The van der Waals surface area contributed by atoms with Crippen LogP contribution >= 0.6 is 0 Å². The largest absolute Gasteiger partial charge is 0.332 e. The van der Waals surface area contributed by atoms with Crippen molar-refractivity contribution in [3.63, 3.8) is 0 Å². The van der Waals surface area contributed by atoms with Crippen LogP contribution < -0.4 is 0 Å². The van der Waals surface area contributed by atoms with Crippen LogP contribution in [0.15, 0.2) is 84.9 Å². The van der Waals surface area contributed by atoms with Crippen molar-refractivity contribution in [3.8, 4) is 39.3 Å². The van der Waals surface area contributed by atoms with E-state index in [2.05, 4.69) is 59.2 Å². The van der Waals surface area contributed by atoms with E-state index >= 15 is 0 Å². The summed E-state index contributed by atoms with van der Waals surface area (Å²) in [7, 11) is 0. The molecule has 0 atom stereocenters. The van der Waals surface area contributed by atoms with E-state index in [1.807, 2.05) is 18.2 Å². The second kappa shape index (κ2) is 6.77. The van der Waals surface area contributed by atoms with Gasteiger partial charge in [0.05, 0.1) is 16.9 Å². The van der Waals surface area contributed by atoms with E-state index < -0.39 is 0 Å². The zero-order chi connectivity index (χ0) is 18.7. The van der Waals surface area contributed by atoms with Gasteiger partial charge in [0.2, 0.25) is 0 Å². The molecule has 0 N–H and O–H groups in total. The fourth-order valence-electron chi connectivity index (χ4n) is 4.15. The van der Waals surface area contributed by atoms with Gasteiger partial charge in [-0.3, -0.25) is 9.37 Å². The van der Waals surface area contributed by atoms with Crippen LogP contribution in [0.4, 0.5) is 4.39 Å². The third-order valence-corrected chi connectivity index (χ3v) is 5.34. The summed E-state index contributed by atoms with van der Waals surface area (Å²) < 4.78 is 15.7. The quantitative estimate of drug-likeness (QED) is 0.219. The number of aromatic nitrogens is 2. The van der Waals surface area contributed by atoms with E-state index in [1.54, 1.807) is 6.07 Å². The maximum Gasteiger partial charge on any atom is 0.0780 e. The zero-order valence-corrected chi connectivity index (χ0v) is 17.6. The molecule has 1 aliphatic heterocycles. The molecule has 2 nitrogen and oxygen atoms in total. The van der Waals surface area contributed by atoms with E-state index in [0.29, 0.717) is 0 Å². The smallest absolute Gasteiger partial charge is 0.0780 e. The Balaban J connectivity index is 0.00000181. The monoisotopic (exact) mass is 554 g/mol. The Kier molecular flexibility index (Phi) is 4.20. The molecule has 1 radical (unpaired) electrons. The molecule has 6 rings (SSSR count). The van der Waals surface area contributed by atoms with Crippen LogP contribution in [0, 0.1) is 11.9 Å². The van der Waals surface area contributed by atoms with Gasteiger partial charge in [-0.1, -0.05) is 54.6 Å². The minimum Gasteiger partial charge on any atom is -0.332 e. The topological polar surface area (TPSA) is 17.8 Å². The standard InChI is InChI=1S/C25H14FN2.Ir/c26-17-14-12-16(13-15-17)25-27-22-10-5-9-21-19-7-2-1-6-18(19)20-8-3-4-11-23(20)28(25)24(21)22;/h1-12,14-15H;/q-1;. The number of rotatable bonds is 1. The molecule has 2 heterocycles. The third kappa shape index (κ3) is 2.61. The van der Waals surface area contributed by atoms with Crippen LogP contribution in [0.1, 0.15) is 0 Å². The van der Waals surface area contributed by atoms with Crippen LogP contribution in [-0.4, -0.2) is 9.55 Å². The Morgan fingerprint density at radius 3 is 2.17 bits per heavy atom. The first-order valence-corrected chi connectivity index (χ1v) is 9.19.